The summed E-state index contributed by atoms with van der Waals surface area (Å²) in [7, 11) is 1.69. The molecule has 22 heavy (non-hydrogen) atoms. The molecule has 0 atom stereocenters. The Balaban J connectivity index is 2.21. The fraction of sp³-hybridized carbons (Fsp3) is 0.471. The van der Waals surface area contributed by atoms with Crippen LogP contribution in [0.15, 0.2) is 6.07 Å². The summed E-state index contributed by atoms with van der Waals surface area (Å²) >= 11 is 1.51. The third-order valence-electron chi connectivity index (χ3n) is 4.18. The second-order valence-electron chi connectivity index (χ2n) is 6.39. The molecular weight excluding hydrogens is 296 g/mol. The van der Waals surface area contributed by atoms with E-state index < -0.39 is 0 Å². The molecule has 2 aromatic rings. The summed E-state index contributed by atoms with van der Waals surface area (Å²) in [4.78, 5) is 5.59. The van der Waals surface area contributed by atoms with E-state index in [1.165, 1.54) is 16.9 Å². The zero-order chi connectivity index (χ0) is 16.1. The van der Waals surface area contributed by atoms with Crippen LogP contribution in [0.2, 0.25) is 0 Å². The van der Waals surface area contributed by atoms with E-state index in [-0.39, 0.29) is 5.60 Å². The zero-order valence-electron chi connectivity index (χ0n) is 13.7. The Labute approximate surface area is 135 Å². The Kier molecular flexibility index (Phi) is 3.56. The summed E-state index contributed by atoms with van der Waals surface area (Å²) in [5.41, 5.74) is 9.90. The van der Waals surface area contributed by atoms with Crippen molar-refractivity contribution in [2.45, 2.75) is 46.1 Å². The molecule has 118 valence electrons. The van der Waals surface area contributed by atoms with E-state index in [2.05, 4.69) is 24.9 Å². The molecule has 2 N–H and O–H groups in total. The van der Waals surface area contributed by atoms with E-state index in [0.717, 1.165) is 46.0 Å². The molecule has 0 fully saturated rings. The van der Waals surface area contributed by atoms with E-state index in [1.807, 2.05) is 13.8 Å². The van der Waals surface area contributed by atoms with Gasteiger partial charge in [-0.25, -0.2) is 4.98 Å². The first-order chi connectivity index (χ1) is 10.3. The molecule has 0 saturated heterocycles. The predicted octanol–water partition coefficient (Wildman–Crippen LogP) is 4.12. The molecule has 3 rings (SSSR count). The molecule has 0 spiro atoms. The van der Waals surface area contributed by atoms with Crippen LogP contribution in [0.25, 0.3) is 11.3 Å². The van der Waals surface area contributed by atoms with Crippen LogP contribution in [0.5, 0.6) is 11.5 Å². The summed E-state index contributed by atoms with van der Waals surface area (Å²) in [5.74, 6) is 1.78. The maximum Gasteiger partial charge on any atom is 0.180 e. The molecule has 1 aromatic carbocycles. The van der Waals surface area contributed by atoms with Crippen molar-refractivity contribution in [1.82, 2.24) is 4.98 Å². The number of nitrogen functional groups attached to an aromatic ring is 1. The van der Waals surface area contributed by atoms with Gasteiger partial charge >= 0.3 is 0 Å². The first-order valence-electron chi connectivity index (χ1n) is 7.45. The molecule has 1 aliphatic heterocycles. The maximum atomic E-state index is 6.20. The highest BCUT2D eigenvalue weighted by Crippen LogP contribution is 2.46. The van der Waals surface area contributed by atoms with E-state index >= 15 is 0 Å². The highest BCUT2D eigenvalue weighted by Gasteiger charge is 2.30. The van der Waals surface area contributed by atoms with Crippen molar-refractivity contribution in [3.8, 4) is 22.8 Å². The second kappa shape index (κ2) is 5.16. The van der Waals surface area contributed by atoms with Crippen molar-refractivity contribution in [2.24, 2.45) is 0 Å². The fourth-order valence-corrected chi connectivity index (χ4v) is 3.75. The van der Waals surface area contributed by atoms with Gasteiger partial charge in [0.05, 0.1) is 12.8 Å². The lowest BCUT2D eigenvalue weighted by molar-refractivity contribution is 0.0833. The summed E-state index contributed by atoms with van der Waals surface area (Å²) in [6.45, 7) is 8.34. The molecule has 0 saturated carbocycles. The second-order valence-corrected chi connectivity index (χ2v) is 7.62. The number of nitrogens with zero attached hydrogens (tertiary/aromatic N) is 1. The van der Waals surface area contributed by atoms with Crippen molar-refractivity contribution in [3.63, 3.8) is 0 Å². The highest BCUT2D eigenvalue weighted by atomic mass is 32.1. The Morgan fingerprint density at radius 1 is 1.36 bits per heavy atom. The Hall–Kier alpha value is -1.75. The Bertz CT molecular complexity index is 735. The van der Waals surface area contributed by atoms with E-state index in [4.69, 9.17) is 15.2 Å². The number of aryl methyl sites for hydroxylation is 2. The fourth-order valence-electron chi connectivity index (χ4n) is 3.05. The predicted molar refractivity (Wildman–Crippen MR) is 91.0 cm³/mol. The maximum absolute atomic E-state index is 6.20. The molecule has 0 aliphatic carbocycles. The van der Waals surface area contributed by atoms with Gasteiger partial charge in [0, 0.05) is 16.0 Å². The third kappa shape index (κ3) is 2.43. The molecular formula is C17H22N2O2S. The van der Waals surface area contributed by atoms with Crippen LogP contribution in [0.1, 0.15) is 36.3 Å². The number of methoxy groups -OCH3 is 1. The Morgan fingerprint density at radius 3 is 2.68 bits per heavy atom. The zero-order valence-corrected chi connectivity index (χ0v) is 14.6. The Morgan fingerprint density at radius 2 is 2.09 bits per heavy atom. The first kappa shape index (κ1) is 15.2. The monoisotopic (exact) mass is 318 g/mol. The van der Waals surface area contributed by atoms with Gasteiger partial charge in [-0.2, -0.15) is 0 Å². The normalized spacial score (nSPS) is 16.0. The number of aromatic nitrogens is 1. The number of hydrogen-bond donors (Lipinski definition) is 1. The molecule has 0 unspecified atom stereocenters. The molecule has 2 heterocycles. The molecule has 1 aromatic heterocycles. The molecule has 5 heteroatoms. The van der Waals surface area contributed by atoms with Crippen LogP contribution in [-0.2, 0) is 6.42 Å². The SMILES string of the molecule is COc1c(-c2nc(N)sc2C)cc2c(c1C)OC(C)(C)CC2. The lowest BCUT2D eigenvalue weighted by Gasteiger charge is -2.34. The van der Waals surface area contributed by atoms with Crippen LogP contribution in [-0.4, -0.2) is 17.7 Å². The number of ether oxygens (including phenoxy) is 2. The molecule has 1 aliphatic rings. The third-order valence-corrected chi connectivity index (χ3v) is 4.98. The topological polar surface area (TPSA) is 57.4 Å². The average molecular weight is 318 g/mol. The lowest BCUT2D eigenvalue weighted by Crippen LogP contribution is -2.33. The van der Waals surface area contributed by atoms with Gasteiger partial charge in [-0.05, 0) is 52.2 Å². The van der Waals surface area contributed by atoms with Crippen LogP contribution in [0.3, 0.4) is 0 Å². The van der Waals surface area contributed by atoms with Crippen molar-refractivity contribution in [3.05, 3.63) is 22.1 Å². The van der Waals surface area contributed by atoms with Gasteiger partial charge in [0.1, 0.15) is 17.1 Å². The standard InChI is InChI=1S/C17H22N2O2S/c1-9-14-11(6-7-17(3,4)21-14)8-12(15(9)20-5)13-10(2)22-16(18)19-13/h8H,6-7H2,1-5H3,(H2,18,19). The van der Waals surface area contributed by atoms with Crippen LogP contribution in [0, 0.1) is 13.8 Å². The number of hydrogen-bond acceptors (Lipinski definition) is 5. The van der Waals surface area contributed by atoms with Crippen LogP contribution < -0.4 is 15.2 Å². The molecule has 0 bridgehead atoms. The number of thiazole rings is 1. The minimum absolute atomic E-state index is 0.134. The van der Waals surface area contributed by atoms with Gasteiger partial charge in [-0.15, -0.1) is 11.3 Å². The highest BCUT2D eigenvalue weighted by molar-refractivity contribution is 7.15. The van der Waals surface area contributed by atoms with Gasteiger partial charge in [0.25, 0.3) is 0 Å². The molecule has 0 radical (unpaired) electrons. The number of fused-ring (bicyclic) bond motifs is 1. The molecule has 4 nitrogen and oxygen atoms in total. The van der Waals surface area contributed by atoms with Crippen LogP contribution in [0.4, 0.5) is 5.13 Å². The summed E-state index contributed by atoms with van der Waals surface area (Å²) in [5, 5.41) is 0.585. The average Bonchev–Trinajstić information content (AvgIpc) is 2.77. The quantitative estimate of drug-likeness (QED) is 0.905. The number of nitrogens with two attached hydrogens (primary N) is 1. The molecule has 0 amide bonds. The number of benzene rings is 1. The van der Waals surface area contributed by atoms with Crippen LogP contribution >= 0.6 is 11.3 Å². The minimum Gasteiger partial charge on any atom is -0.496 e. The smallest absolute Gasteiger partial charge is 0.180 e. The van der Waals surface area contributed by atoms with Gasteiger partial charge in [0.2, 0.25) is 0 Å². The number of anilines is 1. The van der Waals surface area contributed by atoms with Crippen molar-refractivity contribution >= 4 is 16.5 Å². The summed E-state index contributed by atoms with van der Waals surface area (Å²) in [6.07, 6.45) is 2.00. The largest absolute Gasteiger partial charge is 0.496 e. The number of rotatable bonds is 2. The van der Waals surface area contributed by atoms with E-state index in [1.54, 1.807) is 7.11 Å². The van der Waals surface area contributed by atoms with E-state index in [0.29, 0.717) is 5.13 Å². The van der Waals surface area contributed by atoms with Gasteiger partial charge < -0.3 is 15.2 Å². The summed E-state index contributed by atoms with van der Waals surface area (Å²) in [6, 6.07) is 2.15. The van der Waals surface area contributed by atoms with E-state index in [9.17, 15) is 0 Å². The van der Waals surface area contributed by atoms with Gasteiger partial charge in [0.15, 0.2) is 5.13 Å². The van der Waals surface area contributed by atoms with Crippen molar-refractivity contribution in [2.75, 3.05) is 12.8 Å². The van der Waals surface area contributed by atoms with Gasteiger partial charge in [-0.1, -0.05) is 0 Å². The van der Waals surface area contributed by atoms with Crippen molar-refractivity contribution in [1.29, 1.82) is 0 Å². The first-order valence-corrected chi connectivity index (χ1v) is 8.27. The minimum atomic E-state index is -0.134. The van der Waals surface area contributed by atoms with Crippen molar-refractivity contribution < 1.29 is 9.47 Å². The van der Waals surface area contributed by atoms with Gasteiger partial charge in [-0.3, -0.25) is 0 Å². The lowest BCUT2D eigenvalue weighted by atomic mass is 9.90. The summed E-state index contributed by atoms with van der Waals surface area (Å²) < 4.78 is 11.9.